The average Bonchev–Trinajstić information content (AvgIpc) is 3.27. The molecule has 1 amide bonds. The normalized spacial score (nSPS) is 11.0. The zero-order valence-electron chi connectivity index (χ0n) is 16.5. The Kier molecular flexibility index (Phi) is 5.26. The van der Waals surface area contributed by atoms with E-state index < -0.39 is 0 Å². The van der Waals surface area contributed by atoms with E-state index in [0.29, 0.717) is 12.3 Å². The van der Waals surface area contributed by atoms with Gasteiger partial charge in [-0.2, -0.15) is 9.61 Å². The van der Waals surface area contributed by atoms with Gasteiger partial charge in [0.2, 0.25) is 4.96 Å². The monoisotopic (exact) mass is 407 g/mol. The minimum absolute atomic E-state index is 0.00667. The summed E-state index contributed by atoms with van der Waals surface area (Å²) in [7, 11) is 0. The molecule has 0 aliphatic heterocycles. The fourth-order valence-electron chi connectivity index (χ4n) is 3.01. The number of hydrogen-bond donors (Lipinski definition) is 1. The fourth-order valence-corrected chi connectivity index (χ4v) is 3.90. The van der Waals surface area contributed by atoms with Crippen LogP contribution in [0.1, 0.15) is 22.5 Å². The molecule has 2 aromatic carbocycles. The second-order valence-electron chi connectivity index (χ2n) is 6.93. The molecule has 2 heterocycles. The Morgan fingerprint density at radius 2 is 1.79 bits per heavy atom. The highest BCUT2D eigenvalue weighted by atomic mass is 32.1. The molecule has 0 unspecified atom stereocenters. The van der Waals surface area contributed by atoms with Crippen molar-refractivity contribution in [2.45, 2.75) is 27.3 Å². The van der Waals surface area contributed by atoms with Crippen LogP contribution in [0.2, 0.25) is 0 Å². The van der Waals surface area contributed by atoms with E-state index in [2.05, 4.69) is 26.7 Å². The molecule has 0 atom stereocenters. The summed E-state index contributed by atoms with van der Waals surface area (Å²) >= 11 is 1.49. The number of carbonyl (C=O) groups excluding carboxylic acids is 1. The second-order valence-corrected chi connectivity index (χ2v) is 7.89. The number of aryl methyl sites for hydroxylation is 3. The lowest BCUT2D eigenvalue weighted by atomic mass is 10.1. The number of nitrogens with zero attached hydrogens (tertiary/aromatic N) is 4. The molecule has 148 valence electrons. The van der Waals surface area contributed by atoms with Crippen LogP contribution in [0.3, 0.4) is 0 Å². The van der Waals surface area contributed by atoms with Crippen LogP contribution in [0.25, 0.3) is 15.5 Å². The third-order valence-electron chi connectivity index (χ3n) is 4.40. The van der Waals surface area contributed by atoms with Crippen molar-refractivity contribution in [2.75, 3.05) is 6.61 Å². The zero-order chi connectivity index (χ0) is 20.4. The molecule has 0 saturated heterocycles. The maximum atomic E-state index is 12.1. The van der Waals surface area contributed by atoms with E-state index >= 15 is 0 Å². The molecule has 8 heteroatoms. The molecule has 0 aliphatic rings. The van der Waals surface area contributed by atoms with Crippen molar-refractivity contribution in [3.05, 3.63) is 65.0 Å². The van der Waals surface area contributed by atoms with Gasteiger partial charge in [0, 0.05) is 12.1 Å². The van der Waals surface area contributed by atoms with Gasteiger partial charge in [0.15, 0.2) is 12.4 Å². The summed E-state index contributed by atoms with van der Waals surface area (Å²) in [4.78, 5) is 12.9. The quantitative estimate of drug-likeness (QED) is 0.529. The predicted molar refractivity (Wildman–Crippen MR) is 112 cm³/mol. The first-order chi connectivity index (χ1) is 14.0. The predicted octanol–water partition coefficient (Wildman–Crippen LogP) is 3.47. The molecule has 1 N–H and O–H groups in total. The molecule has 0 aliphatic carbocycles. The summed E-state index contributed by atoms with van der Waals surface area (Å²) in [6.45, 7) is 6.32. The lowest BCUT2D eigenvalue weighted by Gasteiger charge is -2.09. The Hall–Kier alpha value is -3.26. The van der Waals surface area contributed by atoms with Gasteiger partial charge in [-0.05, 0) is 49.6 Å². The van der Waals surface area contributed by atoms with Crippen molar-refractivity contribution in [3.8, 4) is 16.3 Å². The number of fused-ring (bicyclic) bond motifs is 1. The summed E-state index contributed by atoms with van der Waals surface area (Å²) in [5, 5.41) is 16.4. The minimum atomic E-state index is -0.155. The van der Waals surface area contributed by atoms with E-state index in [1.807, 2.05) is 57.2 Å². The molecule has 0 fully saturated rings. The van der Waals surface area contributed by atoms with E-state index in [-0.39, 0.29) is 12.5 Å². The Morgan fingerprint density at radius 1 is 1.07 bits per heavy atom. The first-order valence-electron chi connectivity index (χ1n) is 9.24. The number of rotatable bonds is 6. The van der Waals surface area contributed by atoms with Crippen LogP contribution in [-0.2, 0) is 11.3 Å². The molecule has 0 spiro atoms. The van der Waals surface area contributed by atoms with Gasteiger partial charge in [0.25, 0.3) is 5.91 Å². The van der Waals surface area contributed by atoms with Crippen molar-refractivity contribution in [3.63, 3.8) is 0 Å². The summed E-state index contributed by atoms with van der Waals surface area (Å²) in [5.74, 6) is 1.32. The molecule has 7 nitrogen and oxygen atoms in total. The first-order valence-corrected chi connectivity index (χ1v) is 10.1. The van der Waals surface area contributed by atoms with E-state index in [1.165, 1.54) is 11.3 Å². The number of carbonyl (C=O) groups is 1. The highest BCUT2D eigenvalue weighted by Gasteiger charge is 2.10. The molecule has 29 heavy (non-hydrogen) atoms. The molecule has 0 radical (unpaired) electrons. The van der Waals surface area contributed by atoms with E-state index in [4.69, 9.17) is 4.74 Å². The van der Waals surface area contributed by atoms with Crippen LogP contribution in [0, 0.1) is 20.8 Å². The second kappa shape index (κ2) is 8.00. The van der Waals surface area contributed by atoms with E-state index in [1.54, 1.807) is 4.52 Å². The lowest BCUT2D eigenvalue weighted by molar-refractivity contribution is -0.123. The Morgan fingerprint density at radius 3 is 2.48 bits per heavy atom. The minimum Gasteiger partial charge on any atom is -0.484 e. The summed E-state index contributed by atoms with van der Waals surface area (Å²) in [6, 6.07) is 13.9. The van der Waals surface area contributed by atoms with Crippen LogP contribution in [0.4, 0.5) is 0 Å². The third-order valence-corrected chi connectivity index (χ3v) is 5.35. The fraction of sp³-hybridized carbons (Fsp3) is 0.238. The maximum Gasteiger partial charge on any atom is 0.258 e. The lowest BCUT2D eigenvalue weighted by Crippen LogP contribution is -2.28. The van der Waals surface area contributed by atoms with Crippen molar-refractivity contribution in [1.29, 1.82) is 0 Å². The number of benzene rings is 2. The Labute approximate surface area is 172 Å². The summed E-state index contributed by atoms with van der Waals surface area (Å²) in [6.07, 6.45) is 0. The molecule has 4 rings (SSSR count). The molecular weight excluding hydrogens is 386 g/mol. The smallest absolute Gasteiger partial charge is 0.258 e. The summed E-state index contributed by atoms with van der Waals surface area (Å²) < 4.78 is 7.33. The summed E-state index contributed by atoms with van der Waals surface area (Å²) in [5.41, 5.74) is 4.24. The van der Waals surface area contributed by atoms with E-state index in [0.717, 1.165) is 38.0 Å². The maximum absolute atomic E-state index is 12.1. The number of nitrogens with one attached hydrogen (secondary N) is 1. The van der Waals surface area contributed by atoms with Crippen LogP contribution < -0.4 is 10.1 Å². The van der Waals surface area contributed by atoms with Gasteiger partial charge in [-0.15, -0.1) is 10.2 Å². The number of aromatic nitrogens is 4. The highest BCUT2D eigenvalue weighted by Crippen LogP contribution is 2.25. The van der Waals surface area contributed by atoms with Crippen LogP contribution >= 0.6 is 11.3 Å². The SMILES string of the molecule is Cc1cc(C)cc(OCC(=O)NCc2ccc(-c3nn4c(C)nnc4s3)cc2)c1. The number of amides is 1. The van der Waals surface area contributed by atoms with Crippen LogP contribution in [0.5, 0.6) is 5.75 Å². The van der Waals surface area contributed by atoms with E-state index in [9.17, 15) is 4.79 Å². The molecule has 2 aromatic heterocycles. The van der Waals surface area contributed by atoms with Gasteiger partial charge in [-0.25, -0.2) is 0 Å². The number of ether oxygens (including phenoxy) is 1. The van der Waals surface area contributed by atoms with Crippen molar-refractivity contribution in [1.82, 2.24) is 25.1 Å². The first kappa shape index (κ1) is 19.1. The number of hydrogen-bond acceptors (Lipinski definition) is 6. The zero-order valence-corrected chi connectivity index (χ0v) is 17.3. The average molecular weight is 407 g/mol. The standard InChI is InChI=1S/C21H21N5O2S/c1-13-8-14(2)10-18(9-13)28-12-19(27)22-11-16-4-6-17(7-5-16)20-25-26-15(3)23-24-21(26)29-20/h4-10H,11-12H2,1-3H3,(H,22,27). The molecule has 4 aromatic rings. The van der Waals surface area contributed by atoms with Gasteiger partial charge >= 0.3 is 0 Å². The van der Waals surface area contributed by atoms with Crippen LogP contribution in [0.15, 0.2) is 42.5 Å². The van der Waals surface area contributed by atoms with Gasteiger partial charge in [0.05, 0.1) is 0 Å². The molecule has 0 bridgehead atoms. The third kappa shape index (κ3) is 4.43. The van der Waals surface area contributed by atoms with Gasteiger partial charge in [0.1, 0.15) is 10.8 Å². The van der Waals surface area contributed by atoms with Gasteiger partial charge < -0.3 is 10.1 Å². The van der Waals surface area contributed by atoms with Crippen molar-refractivity contribution >= 4 is 22.2 Å². The van der Waals surface area contributed by atoms with Gasteiger partial charge in [-0.1, -0.05) is 41.7 Å². The van der Waals surface area contributed by atoms with Gasteiger partial charge in [-0.3, -0.25) is 4.79 Å². The Bertz CT molecular complexity index is 1140. The highest BCUT2D eigenvalue weighted by molar-refractivity contribution is 7.19. The molecular formula is C21H21N5O2S. The van der Waals surface area contributed by atoms with Crippen molar-refractivity contribution in [2.24, 2.45) is 0 Å². The Balaban J connectivity index is 1.32. The van der Waals surface area contributed by atoms with Crippen LogP contribution in [-0.4, -0.2) is 32.3 Å². The molecule has 0 saturated carbocycles. The largest absolute Gasteiger partial charge is 0.484 e. The van der Waals surface area contributed by atoms with Crippen molar-refractivity contribution < 1.29 is 9.53 Å². The topological polar surface area (TPSA) is 81.4 Å².